The van der Waals surface area contributed by atoms with Gasteiger partial charge in [0.05, 0.1) is 16.2 Å². The molecule has 2 N–H and O–H groups in total. The van der Waals surface area contributed by atoms with Crippen LogP contribution in [0.1, 0.15) is 49.2 Å². The summed E-state index contributed by atoms with van der Waals surface area (Å²) in [6, 6.07) is 0.0860. The van der Waals surface area contributed by atoms with Crippen molar-refractivity contribution in [3.8, 4) is 0 Å². The van der Waals surface area contributed by atoms with E-state index in [2.05, 4.69) is 16.5 Å². The molecular weight excluding hydrogens is 290 g/mol. The summed E-state index contributed by atoms with van der Waals surface area (Å²) in [5.41, 5.74) is 7.79. The fraction of sp³-hybridized carbons (Fsp3) is 0.857. The predicted molar refractivity (Wildman–Crippen MR) is 84.2 cm³/mol. The first kappa shape index (κ1) is 14.8. The average molecular weight is 313 g/mol. The molecule has 1 aromatic rings. The molecule has 3 atom stereocenters. The van der Waals surface area contributed by atoms with Crippen LogP contribution in [0.5, 0.6) is 0 Å². The Morgan fingerprint density at radius 1 is 1.55 bits per heavy atom. The van der Waals surface area contributed by atoms with Crippen molar-refractivity contribution >= 4 is 23.3 Å². The highest BCUT2D eigenvalue weighted by Gasteiger charge is 2.42. The number of nitrogens with zero attached hydrogens (tertiary/aromatic N) is 2. The lowest BCUT2D eigenvalue weighted by Gasteiger charge is -2.39. The van der Waals surface area contributed by atoms with E-state index in [0.29, 0.717) is 5.92 Å². The summed E-state index contributed by atoms with van der Waals surface area (Å²) in [6.07, 6.45) is 5.44. The van der Waals surface area contributed by atoms with Crippen LogP contribution in [0, 0.1) is 5.92 Å². The van der Waals surface area contributed by atoms with E-state index >= 15 is 0 Å². The molecule has 112 valence electrons. The molecule has 3 heterocycles. The van der Waals surface area contributed by atoms with Crippen LogP contribution in [0.25, 0.3) is 0 Å². The maximum atomic E-state index is 6.56. The maximum Gasteiger partial charge on any atom is 0.0803 e. The standard InChI is InChI=1S/C14H23N3OS2/c1-2-3-11-13(20-17-16-11)12(15)10-4-6-18-14(8-10)5-7-19-9-14/h10,12H,2-9,15H2,1H3. The molecule has 2 aliphatic rings. The Labute approximate surface area is 129 Å². The van der Waals surface area contributed by atoms with Crippen LogP contribution in [-0.2, 0) is 11.2 Å². The van der Waals surface area contributed by atoms with E-state index in [1.165, 1.54) is 28.6 Å². The Morgan fingerprint density at radius 2 is 2.45 bits per heavy atom. The highest BCUT2D eigenvalue weighted by molar-refractivity contribution is 7.99. The summed E-state index contributed by atoms with van der Waals surface area (Å²) in [6.45, 7) is 3.03. The Kier molecular flexibility index (Phi) is 4.65. The molecule has 0 amide bonds. The molecule has 0 aromatic carbocycles. The zero-order valence-corrected chi connectivity index (χ0v) is 13.6. The van der Waals surface area contributed by atoms with Gasteiger partial charge in [-0.05, 0) is 48.9 Å². The van der Waals surface area contributed by atoms with Gasteiger partial charge in [0.2, 0.25) is 0 Å². The number of aromatic nitrogens is 2. The summed E-state index contributed by atoms with van der Waals surface area (Å²) >= 11 is 3.50. The third kappa shape index (κ3) is 2.89. The summed E-state index contributed by atoms with van der Waals surface area (Å²) in [7, 11) is 0. The number of nitrogens with two attached hydrogens (primary N) is 1. The van der Waals surface area contributed by atoms with Crippen LogP contribution in [0.15, 0.2) is 0 Å². The number of ether oxygens (including phenoxy) is 1. The Hall–Kier alpha value is -0.170. The molecule has 20 heavy (non-hydrogen) atoms. The highest BCUT2D eigenvalue weighted by Crippen LogP contribution is 2.44. The third-order valence-electron chi connectivity index (χ3n) is 4.48. The fourth-order valence-electron chi connectivity index (χ4n) is 3.33. The summed E-state index contributed by atoms with van der Waals surface area (Å²) < 4.78 is 10.2. The van der Waals surface area contributed by atoms with Gasteiger partial charge in [0.15, 0.2) is 0 Å². The van der Waals surface area contributed by atoms with E-state index in [1.807, 2.05) is 11.8 Å². The van der Waals surface area contributed by atoms with Gasteiger partial charge in [-0.25, -0.2) is 0 Å². The lowest BCUT2D eigenvalue weighted by molar-refractivity contribution is -0.0833. The van der Waals surface area contributed by atoms with Gasteiger partial charge in [0.1, 0.15) is 0 Å². The van der Waals surface area contributed by atoms with E-state index in [4.69, 9.17) is 10.5 Å². The molecule has 1 aromatic heterocycles. The summed E-state index contributed by atoms with van der Waals surface area (Å²) in [5.74, 6) is 2.88. The highest BCUT2D eigenvalue weighted by atomic mass is 32.2. The second-order valence-corrected chi connectivity index (χ2v) is 7.84. The number of rotatable bonds is 4. The van der Waals surface area contributed by atoms with Crippen molar-refractivity contribution < 1.29 is 4.74 Å². The molecule has 2 fully saturated rings. The fourth-order valence-corrected chi connectivity index (χ4v) is 5.50. The average Bonchev–Trinajstić information content (AvgIpc) is 3.09. The predicted octanol–water partition coefficient (Wildman–Crippen LogP) is 2.79. The zero-order valence-electron chi connectivity index (χ0n) is 12.0. The Morgan fingerprint density at radius 3 is 3.20 bits per heavy atom. The number of thioether (sulfide) groups is 1. The molecule has 2 aliphatic heterocycles. The minimum absolute atomic E-state index is 0.0860. The van der Waals surface area contributed by atoms with E-state index in [9.17, 15) is 0 Å². The Bertz CT molecular complexity index is 445. The van der Waals surface area contributed by atoms with Gasteiger partial charge in [-0.2, -0.15) is 11.8 Å². The van der Waals surface area contributed by atoms with Crippen molar-refractivity contribution in [1.29, 1.82) is 0 Å². The molecule has 1 spiro atoms. The molecule has 6 heteroatoms. The van der Waals surface area contributed by atoms with Crippen LogP contribution in [0.3, 0.4) is 0 Å². The van der Waals surface area contributed by atoms with Gasteiger partial charge < -0.3 is 10.5 Å². The number of hydrogen-bond donors (Lipinski definition) is 1. The molecule has 2 saturated heterocycles. The summed E-state index contributed by atoms with van der Waals surface area (Å²) in [5, 5.41) is 4.26. The van der Waals surface area contributed by atoms with Crippen LogP contribution < -0.4 is 5.73 Å². The smallest absolute Gasteiger partial charge is 0.0803 e. The van der Waals surface area contributed by atoms with E-state index in [0.717, 1.165) is 43.7 Å². The van der Waals surface area contributed by atoms with Gasteiger partial charge in [-0.15, -0.1) is 5.10 Å². The maximum absolute atomic E-state index is 6.56. The lowest BCUT2D eigenvalue weighted by Crippen LogP contribution is -2.42. The van der Waals surface area contributed by atoms with Crippen molar-refractivity contribution in [2.24, 2.45) is 11.7 Å². The second-order valence-electron chi connectivity index (χ2n) is 5.95. The normalized spacial score (nSPS) is 31.8. The molecular formula is C14H23N3OS2. The van der Waals surface area contributed by atoms with Crippen molar-refractivity contribution in [3.63, 3.8) is 0 Å². The van der Waals surface area contributed by atoms with Gasteiger partial charge >= 0.3 is 0 Å². The van der Waals surface area contributed by atoms with Gasteiger partial charge in [-0.3, -0.25) is 0 Å². The molecule has 0 bridgehead atoms. The molecule has 0 saturated carbocycles. The minimum atomic E-state index is 0.0860. The van der Waals surface area contributed by atoms with E-state index in [-0.39, 0.29) is 11.6 Å². The molecule has 0 radical (unpaired) electrons. The first-order valence-electron chi connectivity index (χ1n) is 7.52. The van der Waals surface area contributed by atoms with E-state index < -0.39 is 0 Å². The summed E-state index contributed by atoms with van der Waals surface area (Å²) in [4.78, 5) is 1.21. The molecule has 3 rings (SSSR count). The topological polar surface area (TPSA) is 61.0 Å². The zero-order chi connectivity index (χ0) is 14.0. The lowest BCUT2D eigenvalue weighted by atomic mass is 9.80. The van der Waals surface area contributed by atoms with Crippen molar-refractivity contribution in [1.82, 2.24) is 9.59 Å². The molecule has 3 unspecified atom stereocenters. The Balaban J connectivity index is 1.72. The van der Waals surface area contributed by atoms with Crippen LogP contribution in [-0.4, -0.2) is 33.3 Å². The minimum Gasteiger partial charge on any atom is -0.374 e. The van der Waals surface area contributed by atoms with Gasteiger partial charge in [-0.1, -0.05) is 17.8 Å². The molecule has 0 aliphatic carbocycles. The number of aryl methyl sites for hydroxylation is 1. The van der Waals surface area contributed by atoms with Crippen molar-refractivity contribution in [2.75, 3.05) is 18.1 Å². The third-order valence-corrected chi connectivity index (χ3v) is 6.57. The van der Waals surface area contributed by atoms with Gasteiger partial charge in [0, 0.05) is 18.4 Å². The van der Waals surface area contributed by atoms with Gasteiger partial charge in [0.25, 0.3) is 0 Å². The first-order valence-corrected chi connectivity index (χ1v) is 9.45. The first-order chi connectivity index (χ1) is 9.74. The monoisotopic (exact) mass is 313 g/mol. The largest absolute Gasteiger partial charge is 0.374 e. The van der Waals surface area contributed by atoms with Crippen molar-refractivity contribution in [3.05, 3.63) is 10.6 Å². The quantitative estimate of drug-likeness (QED) is 0.926. The SMILES string of the molecule is CCCc1nnsc1C(N)C1CCOC2(CCSC2)C1. The molecule has 4 nitrogen and oxygen atoms in total. The second kappa shape index (κ2) is 6.30. The van der Waals surface area contributed by atoms with Crippen molar-refractivity contribution in [2.45, 2.75) is 50.7 Å². The van der Waals surface area contributed by atoms with E-state index in [1.54, 1.807) is 0 Å². The van der Waals surface area contributed by atoms with Crippen LogP contribution >= 0.6 is 23.3 Å². The number of hydrogen-bond acceptors (Lipinski definition) is 6. The van der Waals surface area contributed by atoms with Crippen LogP contribution in [0.2, 0.25) is 0 Å². The van der Waals surface area contributed by atoms with Crippen LogP contribution in [0.4, 0.5) is 0 Å².